The van der Waals surface area contributed by atoms with Crippen LogP contribution in [-0.4, -0.2) is 21.1 Å². The number of aromatic nitrogens is 2. The Kier molecular flexibility index (Phi) is 5.71. The van der Waals surface area contributed by atoms with E-state index >= 15 is 0 Å². The highest BCUT2D eigenvalue weighted by atomic mass is 16.4. The van der Waals surface area contributed by atoms with Gasteiger partial charge in [-0.15, -0.1) is 0 Å². The minimum Gasteiger partial charge on any atom is -0.408 e. The number of nitrogens with zero attached hydrogens (tertiary/aromatic N) is 2. The van der Waals surface area contributed by atoms with Crippen LogP contribution >= 0.6 is 0 Å². The van der Waals surface area contributed by atoms with Crippen LogP contribution in [0.15, 0.2) is 69.9 Å². The van der Waals surface area contributed by atoms with E-state index in [-0.39, 0.29) is 6.04 Å². The molecule has 5 rings (SSSR count). The van der Waals surface area contributed by atoms with Gasteiger partial charge in [0.25, 0.3) is 0 Å². The topological polar surface area (TPSA) is 95.2 Å². The fraction of sp³-hybridized carbons (Fsp3) is 0.259. The van der Waals surface area contributed by atoms with Crippen molar-refractivity contribution in [1.29, 1.82) is 0 Å². The van der Waals surface area contributed by atoms with Gasteiger partial charge in [-0.2, -0.15) is 0 Å². The van der Waals surface area contributed by atoms with Crippen LogP contribution in [0.2, 0.25) is 0 Å². The molecule has 0 radical (unpaired) electrons. The summed E-state index contributed by atoms with van der Waals surface area (Å²) in [6.07, 6.45) is 0.753. The lowest BCUT2D eigenvalue weighted by Gasteiger charge is -2.14. The number of hydrogen-bond donors (Lipinski definition) is 2. The van der Waals surface area contributed by atoms with Crippen molar-refractivity contribution in [1.82, 2.24) is 14.5 Å². The molecular formula is C27H28N4O3. The van der Waals surface area contributed by atoms with E-state index in [0.29, 0.717) is 23.2 Å². The SMILES string of the molecule is CCn1c2ccccc2c2cc(CNC(C)CCn3c(=O)oc4cc(C(N)=O)ccc43)ccc21. The molecule has 7 nitrogen and oxygen atoms in total. The predicted octanol–water partition coefficient (Wildman–Crippen LogP) is 4.39. The van der Waals surface area contributed by atoms with Crippen LogP contribution in [0.5, 0.6) is 0 Å². The molecule has 34 heavy (non-hydrogen) atoms. The van der Waals surface area contributed by atoms with Gasteiger partial charge in [-0.05, 0) is 62.2 Å². The molecule has 1 unspecified atom stereocenters. The number of benzene rings is 3. The minimum absolute atomic E-state index is 0.189. The molecule has 0 saturated carbocycles. The van der Waals surface area contributed by atoms with Crippen molar-refractivity contribution in [3.63, 3.8) is 0 Å². The molecule has 0 bridgehead atoms. The fourth-order valence-electron chi connectivity index (χ4n) is 4.70. The van der Waals surface area contributed by atoms with Crippen LogP contribution in [0, 0.1) is 0 Å². The Hall–Kier alpha value is -3.84. The smallest absolute Gasteiger partial charge is 0.408 e. The number of fused-ring (bicyclic) bond motifs is 4. The van der Waals surface area contributed by atoms with Gasteiger partial charge in [0.2, 0.25) is 5.91 Å². The quantitative estimate of drug-likeness (QED) is 0.362. The van der Waals surface area contributed by atoms with E-state index in [1.807, 2.05) is 0 Å². The Morgan fingerprint density at radius 3 is 2.56 bits per heavy atom. The molecule has 2 aromatic heterocycles. The normalized spacial score (nSPS) is 12.6. The second-order valence-electron chi connectivity index (χ2n) is 8.75. The Morgan fingerprint density at radius 1 is 1.00 bits per heavy atom. The van der Waals surface area contributed by atoms with E-state index in [4.69, 9.17) is 10.2 Å². The number of rotatable bonds is 8. The van der Waals surface area contributed by atoms with Gasteiger partial charge in [-0.3, -0.25) is 9.36 Å². The van der Waals surface area contributed by atoms with Crippen molar-refractivity contribution in [3.8, 4) is 0 Å². The number of primary amides is 1. The second-order valence-corrected chi connectivity index (χ2v) is 8.75. The molecule has 7 heteroatoms. The first-order chi connectivity index (χ1) is 16.5. The second kappa shape index (κ2) is 8.83. The number of aryl methyl sites for hydroxylation is 2. The number of para-hydroxylation sites is 1. The average Bonchev–Trinajstić information content (AvgIpc) is 3.33. The van der Waals surface area contributed by atoms with E-state index in [0.717, 1.165) is 19.5 Å². The molecule has 1 atom stereocenters. The molecule has 3 N–H and O–H groups in total. The zero-order valence-electron chi connectivity index (χ0n) is 19.4. The number of amides is 1. The molecule has 0 aliphatic rings. The molecule has 174 valence electrons. The van der Waals surface area contributed by atoms with Crippen LogP contribution in [0.1, 0.15) is 36.2 Å². The molecule has 0 spiro atoms. The van der Waals surface area contributed by atoms with Gasteiger partial charge >= 0.3 is 5.76 Å². The fourth-order valence-corrected chi connectivity index (χ4v) is 4.70. The zero-order valence-corrected chi connectivity index (χ0v) is 19.4. The van der Waals surface area contributed by atoms with E-state index in [1.54, 1.807) is 16.7 Å². The largest absolute Gasteiger partial charge is 0.419 e. The lowest BCUT2D eigenvalue weighted by atomic mass is 10.1. The molecule has 1 amide bonds. The van der Waals surface area contributed by atoms with Crippen molar-refractivity contribution in [2.45, 2.75) is 45.9 Å². The number of carbonyl (C=O) groups excluding carboxylic acids is 1. The third-order valence-corrected chi connectivity index (χ3v) is 6.55. The van der Waals surface area contributed by atoms with Crippen LogP contribution < -0.4 is 16.8 Å². The van der Waals surface area contributed by atoms with E-state index in [2.05, 4.69) is 66.2 Å². The van der Waals surface area contributed by atoms with Gasteiger partial charge < -0.3 is 20.0 Å². The molecule has 0 aliphatic carbocycles. The van der Waals surface area contributed by atoms with E-state index in [9.17, 15) is 9.59 Å². The maximum Gasteiger partial charge on any atom is 0.419 e. The molecule has 5 aromatic rings. The highest BCUT2D eigenvalue weighted by Crippen LogP contribution is 2.29. The summed E-state index contributed by atoms with van der Waals surface area (Å²) in [5.41, 5.74) is 10.4. The third-order valence-electron chi connectivity index (χ3n) is 6.55. The summed E-state index contributed by atoms with van der Waals surface area (Å²) < 4.78 is 9.27. The minimum atomic E-state index is -0.549. The highest BCUT2D eigenvalue weighted by molar-refractivity contribution is 6.08. The van der Waals surface area contributed by atoms with Crippen molar-refractivity contribution < 1.29 is 9.21 Å². The molecule has 2 heterocycles. The summed E-state index contributed by atoms with van der Waals surface area (Å²) in [7, 11) is 0. The van der Waals surface area contributed by atoms with E-state index < -0.39 is 11.7 Å². The average molecular weight is 457 g/mol. The monoisotopic (exact) mass is 456 g/mol. The maximum atomic E-state index is 12.3. The summed E-state index contributed by atoms with van der Waals surface area (Å²) in [4.78, 5) is 23.7. The standard InChI is InChI=1S/C27H28N4O3/c1-3-30-22-7-5-4-6-20(22)21-14-18(8-10-23(21)30)16-29-17(2)12-13-31-24-11-9-19(26(28)32)15-25(24)34-27(31)33/h4-11,14-15,17,29H,3,12-13,16H2,1-2H3,(H2,28,32). The number of nitrogens with two attached hydrogens (primary N) is 1. The lowest BCUT2D eigenvalue weighted by molar-refractivity contribution is 0.100. The first kappa shape index (κ1) is 22.0. The van der Waals surface area contributed by atoms with Gasteiger partial charge in [0, 0.05) is 53.0 Å². The van der Waals surface area contributed by atoms with Crippen LogP contribution in [0.3, 0.4) is 0 Å². The van der Waals surface area contributed by atoms with Gasteiger partial charge in [0.05, 0.1) is 5.52 Å². The Balaban J connectivity index is 1.28. The Bertz CT molecular complexity index is 1570. The first-order valence-corrected chi connectivity index (χ1v) is 11.6. The van der Waals surface area contributed by atoms with Gasteiger partial charge in [0.1, 0.15) is 0 Å². The Labute approximate surface area is 196 Å². The van der Waals surface area contributed by atoms with Crippen molar-refractivity contribution in [2.75, 3.05) is 0 Å². The zero-order chi connectivity index (χ0) is 23.8. The van der Waals surface area contributed by atoms with E-state index in [1.165, 1.54) is 33.4 Å². The predicted molar refractivity (Wildman–Crippen MR) is 135 cm³/mol. The molecule has 0 saturated heterocycles. The summed E-state index contributed by atoms with van der Waals surface area (Å²) >= 11 is 0. The summed E-state index contributed by atoms with van der Waals surface area (Å²) in [6.45, 7) is 6.48. The summed E-state index contributed by atoms with van der Waals surface area (Å²) in [5, 5.41) is 6.12. The Morgan fingerprint density at radius 2 is 1.76 bits per heavy atom. The summed E-state index contributed by atoms with van der Waals surface area (Å²) in [6, 6.07) is 20.2. The van der Waals surface area contributed by atoms with Crippen molar-refractivity contribution in [3.05, 3.63) is 82.3 Å². The van der Waals surface area contributed by atoms with Crippen LogP contribution in [0.25, 0.3) is 32.9 Å². The van der Waals surface area contributed by atoms with Gasteiger partial charge in [-0.25, -0.2) is 4.79 Å². The number of carbonyl (C=O) groups is 1. The number of oxazole rings is 1. The molecule has 0 aliphatic heterocycles. The van der Waals surface area contributed by atoms with Crippen molar-refractivity contribution in [2.24, 2.45) is 5.73 Å². The van der Waals surface area contributed by atoms with Gasteiger partial charge in [0.15, 0.2) is 5.58 Å². The maximum absolute atomic E-state index is 12.3. The molecule has 3 aromatic carbocycles. The number of nitrogens with one attached hydrogen (secondary N) is 1. The first-order valence-electron chi connectivity index (χ1n) is 11.6. The van der Waals surface area contributed by atoms with Crippen LogP contribution in [0.4, 0.5) is 0 Å². The third kappa shape index (κ3) is 3.88. The number of hydrogen-bond acceptors (Lipinski definition) is 4. The molecular weight excluding hydrogens is 428 g/mol. The van der Waals surface area contributed by atoms with Gasteiger partial charge in [-0.1, -0.05) is 24.3 Å². The summed E-state index contributed by atoms with van der Waals surface area (Å²) in [5.74, 6) is -0.978. The van der Waals surface area contributed by atoms with Crippen molar-refractivity contribution >= 4 is 38.8 Å². The molecule has 0 fully saturated rings. The lowest BCUT2D eigenvalue weighted by Crippen LogP contribution is -2.28. The van der Waals surface area contributed by atoms with Crippen LogP contribution in [-0.2, 0) is 19.6 Å². The highest BCUT2D eigenvalue weighted by Gasteiger charge is 2.13.